The summed E-state index contributed by atoms with van der Waals surface area (Å²) in [4.78, 5) is 22.4. The normalized spacial score (nSPS) is 15.0. The molecule has 1 aliphatic rings. The molecule has 1 aromatic carbocycles. The van der Waals surface area contributed by atoms with E-state index in [-0.39, 0.29) is 12.3 Å². The summed E-state index contributed by atoms with van der Waals surface area (Å²) in [6, 6.07) is 3.02. The van der Waals surface area contributed by atoms with Crippen LogP contribution in [-0.4, -0.2) is 11.8 Å². The Labute approximate surface area is 90.0 Å². The zero-order valence-electron chi connectivity index (χ0n) is 6.93. The summed E-state index contributed by atoms with van der Waals surface area (Å²) < 4.78 is 0. The van der Waals surface area contributed by atoms with Crippen LogP contribution in [-0.2, 0) is 11.2 Å². The van der Waals surface area contributed by atoms with E-state index in [1.807, 2.05) is 0 Å². The van der Waals surface area contributed by atoms with Crippen molar-refractivity contribution < 1.29 is 9.59 Å². The molecule has 0 atom stereocenters. The number of hydrogen-bond acceptors (Lipinski definition) is 2. The van der Waals surface area contributed by atoms with Gasteiger partial charge < -0.3 is 0 Å². The molecule has 0 saturated carbocycles. The Kier molecular flexibility index (Phi) is 2.21. The monoisotopic (exact) mass is 229 g/mol. The first kappa shape index (κ1) is 9.49. The summed E-state index contributed by atoms with van der Waals surface area (Å²) in [7, 11) is 0. The van der Waals surface area contributed by atoms with Crippen molar-refractivity contribution in [2.45, 2.75) is 6.42 Å². The Morgan fingerprint density at radius 3 is 2.50 bits per heavy atom. The summed E-state index contributed by atoms with van der Waals surface area (Å²) in [5, 5.41) is 2.87. The van der Waals surface area contributed by atoms with Gasteiger partial charge in [0.2, 0.25) is 5.91 Å². The molecule has 2 rings (SSSR count). The first-order valence-corrected chi connectivity index (χ1v) is 4.65. The van der Waals surface area contributed by atoms with Gasteiger partial charge in [-0.15, -0.1) is 0 Å². The predicted octanol–water partition coefficient (Wildman–Crippen LogP) is 1.81. The van der Waals surface area contributed by atoms with E-state index in [9.17, 15) is 9.59 Å². The van der Waals surface area contributed by atoms with Gasteiger partial charge in [-0.2, -0.15) is 0 Å². The van der Waals surface area contributed by atoms with Crippen LogP contribution in [0.2, 0.25) is 10.0 Å². The van der Waals surface area contributed by atoms with Gasteiger partial charge in [0.1, 0.15) is 0 Å². The predicted molar refractivity (Wildman–Crippen MR) is 52.6 cm³/mol. The Morgan fingerprint density at radius 1 is 1.14 bits per heavy atom. The molecule has 5 heteroatoms. The number of imide groups is 1. The zero-order valence-corrected chi connectivity index (χ0v) is 8.45. The number of fused-ring (bicyclic) bond motifs is 1. The number of amides is 2. The molecule has 0 aliphatic carbocycles. The Balaban J connectivity index is 2.60. The number of carbonyl (C=O) groups excluding carboxylic acids is 2. The highest BCUT2D eigenvalue weighted by Gasteiger charge is 2.23. The second kappa shape index (κ2) is 3.26. The van der Waals surface area contributed by atoms with E-state index in [1.165, 1.54) is 6.07 Å². The maximum atomic E-state index is 11.3. The van der Waals surface area contributed by atoms with Gasteiger partial charge in [-0.25, -0.2) is 0 Å². The molecule has 1 heterocycles. The number of rotatable bonds is 0. The molecule has 2 amide bonds. The molecule has 0 fully saturated rings. The van der Waals surface area contributed by atoms with Crippen LogP contribution < -0.4 is 5.32 Å². The van der Waals surface area contributed by atoms with Crippen LogP contribution in [0.25, 0.3) is 0 Å². The summed E-state index contributed by atoms with van der Waals surface area (Å²) in [5.41, 5.74) is 1.03. The van der Waals surface area contributed by atoms with Crippen LogP contribution in [0, 0.1) is 0 Å². The fraction of sp³-hybridized carbons (Fsp3) is 0.111. The van der Waals surface area contributed by atoms with Crippen molar-refractivity contribution in [3.8, 4) is 0 Å². The largest absolute Gasteiger partial charge is 0.292 e. The second-order valence-electron chi connectivity index (χ2n) is 2.98. The Bertz CT molecular complexity index is 443. The highest BCUT2D eigenvalue weighted by atomic mass is 35.5. The topological polar surface area (TPSA) is 46.2 Å². The fourth-order valence-electron chi connectivity index (χ4n) is 1.36. The molecule has 1 N–H and O–H groups in total. The highest BCUT2D eigenvalue weighted by molar-refractivity contribution is 6.42. The van der Waals surface area contributed by atoms with Crippen molar-refractivity contribution >= 4 is 35.0 Å². The Morgan fingerprint density at radius 2 is 1.79 bits per heavy atom. The molecule has 1 aliphatic heterocycles. The standard InChI is InChI=1S/C9H5Cl2NO2/c10-6-1-4-2-8(13)12-9(14)5(4)3-7(6)11/h1,3H,2H2,(H,12,13,14). The molecule has 1 aromatic rings. The minimum atomic E-state index is -0.421. The van der Waals surface area contributed by atoms with Gasteiger partial charge in [0, 0.05) is 5.56 Å². The second-order valence-corrected chi connectivity index (χ2v) is 3.79. The molecule has 0 unspecified atom stereocenters. The van der Waals surface area contributed by atoms with Crippen LogP contribution in [0.15, 0.2) is 12.1 Å². The van der Waals surface area contributed by atoms with Crippen molar-refractivity contribution in [3.05, 3.63) is 33.3 Å². The molecular formula is C9H5Cl2NO2. The van der Waals surface area contributed by atoms with E-state index >= 15 is 0 Å². The van der Waals surface area contributed by atoms with Gasteiger partial charge in [0.05, 0.1) is 16.5 Å². The third-order valence-corrected chi connectivity index (χ3v) is 2.72. The van der Waals surface area contributed by atoms with Crippen LogP contribution in [0.4, 0.5) is 0 Å². The minimum absolute atomic E-state index is 0.165. The lowest BCUT2D eigenvalue weighted by atomic mass is 10.0. The Hall–Kier alpha value is -1.06. The van der Waals surface area contributed by atoms with Crippen LogP contribution >= 0.6 is 23.2 Å². The number of benzene rings is 1. The van der Waals surface area contributed by atoms with E-state index in [2.05, 4.69) is 5.32 Å². The summed E-state index contributed by atoms with van der Waals surface area (Å²) >= 11 is 11.5. The number of hydrogen-bond donors (Lipinski definition) is 1. The van der Waals surface area contributed by atoms with Crippen molar-refractivity contribution in [3.63, 3.8) is 0 Å². The van der Waals surface area contributed by atoms with Crippen molar-refractivity contribution in [2.24, 2.45) is 0 Å². The van der Waals surface area contributed by atoms with Crippen molar-refractivity contribution in [1.29, 1.82) is 0 Å². The first-order valence-electron chi connectivity index (χ1n) is 3.90. The van der Waals surface area contributed by atoms with E-state index in [0.717, 1.165) is 0 Å². The molecule has 0 radical (unpaired) electrons. The number of carbonyl (C=O) groups is 2. The third kappa shape index (κ3) is 1.49. The molecule has 0 aromatic heterocycles. The van der Waals surface area contributed by atoms with Crippen molar-refractivity contribution in [2.75, 3.05) is 0 Å². The number of nitrogens with one attached hydrogen (secondary N) is 1. The van der Waals surface area contributed by atoms with E-state index in [0.29, 0.717) is 21.2 Å². The fourth-order valence-corrected chi connectivity index (χ4v) is 1.71. The quantitative estimate of drug-likeness (QED) is 0.690. The SMILES string of the molecule is O=C1Cc2cc(Cl)c(Cl)cc2C(=O)N1. The van der Waals surface area contributed by atoms with Crippen LogP contribution in [0.5, 0.6) is 0 Å². The van der Waals surface area contributed by atoms with Crippen LogP contribution in [0.3, 0.4) is 0 Å². The molecule has 14 heavy (non-hydrogen) atoms. The minimum Gasteiger partial charge on any atom is -0.292 e. The lowest BCUT2D eigenvalue weighted by Crippen LogP contribution is -2.37. The summed E-state index contributed by atoms with van der Waals surface area (Å²) in [6.07, 6.45) is 0.165. The maximum absolute atomic E-state index is 11.3. The molecule has 3 nitrogen and oxygen atoms in total. The van der Waals surface area contributed by atoms with Crippen LogP contribution in [0.1, 0.15) is 15.9 Å². The molecular weight excluding hydrogens is 225 g/mol. The third-order valence-electron chi connectivity index (χ3n) is 1.99. The van der Waals surface area contributed by atoms with E-state index in [4.69, 9.17) is 23.2 Å². The van der Waals surface area contributed by atoms with Gasteiger partial charge in [0.25, 0.3) is 5.91 Å². The molecule has 0 bridgehead atoms. The van der Waals surface area contributed by atoms with E-state index < -0.39 is 5.91 Å². The smallest absolute Gasteiger partial charge is 0.258 e. The van der Waals surface area contributed by atoms with Crippen molar-refractivity contribution in [1.82, 2.24) is 5.32 Å². The average Bonchev–Trinajstić information content (AvgIpc) is 2.08. The van der Waals surface area contributed by atoms with E-state index in [1.54, 1.807) is 6.07 Å². The lowest BCUT2D eigenvalue weighted by molar-refractivity contribution is -0.119. The lowest BCUT2D eigenvalue weighted by Gasteiger charge is -2.15. The summed E-state index contributed by atoms with van der Waals surface area (Å²) in [6.45, 7) is 0. The molecule has 0 saturated heterocycles. The zero-order chi connectivity index (χ0) is 10.3. The maximum Gasteiger partial charge on any atom is 0.258 e. The average molecular weight is 230 g/mol. The van der Waals surface area contributed by atoms with Gasteiger partial charge in [-0.3, -0.25) is 14.9 Å². The number of halogens is 2. The van der Waals surface area contributed by atoms with Gasteiger partial charge in [0.15, 0.2) is 0 Å². The highest BCUT2D eigenvalue weighted by Crippen LogP contribution is 2.27. The van der Waals surface area contributed by atoms with Gasteiger partial charge in [-0.05, 0) is 17.7 Å². The summed E-state index contributed by atoms with van der Waals surface area (Å²) in [5.74, 6) is -0.740. The van der Waals surface area contributed by atoms with Gasteiger partial charge in [-0.1, -0.05) is 23.2 Å². The van der Waals surface area contributed by atoms with Gasteiger partial charge >= 0.3 is 0 Å². The first-order chi connectivity index (χ1) is 6.58. The molecule has 72 valence electrons. The molecule has 0 spiro atoms.